The molecule has 0 atom stereocenters. The van der Waals surface area contributed by atoms with E-state index in [1.54, 1.807) is 6.07 Å². The van der Waals surface area contributed by atoms with Gasteiger partial charge in [-0.1, -0.05) is 52.7 Å². The summed E-state index contributed by atoms with van der Waals surface area (Å²) in [5.74, 6) is 0. The van der Waals surface area contributed by atoms with E-state index < -0.39 is 0 Å². The Kier molecular flexibility index (Phi) is 4.05. The third kappa shape index (κ3) is 2.88. The highest BCUT2D eigenvalue weighted by Crippen LogP contribution is 2.20. The summed E-state index contributed by atoms with van der Waals surface area (Å²) >= 11 is 6.19. The van der Waals surface area contributed by atoms with Crippen LogP contribution in [0.15, 0.2) is 53.6 Å². The highest BCUT2D eigenvalue weighted by molar-refractivity contribution is 6.31. The van der Waals surface area contributed by atoms with Crippen molar-refractivity contribution in [2.75, 3.05) is 0 Å². The maximum Gasteiger partial charge on any atom is 0.283 e. The Morgan fingerprint density at radius 3 is 2.58 bits per heavy atom. The molecule has 0 amide bonds. The minimum Gasteiger partial charge on any atom is -0.293 e. The van der Waals surface area contributed by atoms with Gasteiger partial charge in [0.2, 0.25) is 0 Å². The van der Waals surface area contributed by atoms with Gasteiger partial charge in [-0.25, -0.2) is 4.98 Å². The summed E-state index contributed by atoms with van der Waals surface area (Å²) in [5.41, 5.74) is 4.30. The van der Waals surface area contributed by atoms with Crippen LogP contribution in [0.5, 0.6) is 0 Å². The minimum atomic E-state index is -0.222. The molecule has 26 heavy (non-hydrogen) atoms. The highest BCUT2D eigenvalue weighted by Gasteiger charge is 2.14. The van der Waals surface area contributed by atoms with Gasteiger partial charge < -0.3 is 0 Å². The lowest BCUT2D eigenvalue weighted by Crippen LogP contribution is -2.21. The Bertz CT molecular complexity index is 1160. The molecule has 2 aromatic heterocycles. The van der Waals surface area contributed by atoms with Crippen molar-refractivity contribution in [1.29, 1.82) is 0 Å². The zero-order chi connectivity index (χ0) is 18.3. The molecule has 4 rings (SSSR count). The number of aromatic nitrogens is 5. The van der Waals surface area contributed by atoms with Gasteiger partial charge in [0.05, 0.1) is 12.2 Å². The summed E-state index contributed by atoms with van der Waals surface area (Å²) in [6.07, 6.45) is 1.53. The van der Waals surface area contributed by atoms with Crippen molar-refractivity contribution in [2.24, 2.45) is 0 Å². The number of fused-ring (bicyclic) bond motifs is 1. The first-order chi connectivity index (χ1) is 12.5. The first kappa shape index (κ1) is 16.5. The van der Waals surface area contributed by atoms with E-state index in [0.29, 0.717) is 22.9 Å². The Hall–Kier alpha value is -2.99. The molecule has 4 aromatic rings. The van der Waals surface area contributed by atoms with E-state index in [4.69, 9.17) is 11.6 Å². The van der Waals surface area contributed by atoms with Gasteiger partial charge in [-0.3, -0.25) is 9.36 Å². The Morgan fingerprint density at radius 2 is 1.85 bits per heavy atom. The maximum atomic E-state index is 12.7. The molecule has 0 saturated carbocycles. The van der Waals surface area contributed by atoms with Crippen molar-refractivity contribution in [1.82, 2.24) is 24.5 Å². The number of hydrogen-bond acceptors (Lipinski definition) is 4. The molecule has 0 spiro atoms. The number of hydrogen-bond donors (Lipinski definition) is 0. The number of nitrogens with zero attached hydrogens (tertiary/aromatic N) is 5. The van der Waals surface area contributed by atoms with E-state index in [9.17, 15) is 4.79 Å². The van der Waals surface area contributed by atoms with E-state index >= 15 is 0 Å². The molecule has 2 heterocycles. The zero-order valence-electron chi connectivity index (χ0n) is 14.3. The van der Waals surface area contributed by atoms with Crippen molar-refractivity contribution in [3.05, 3.63) is 80.9 Å². The largest absolute Gasteiger partial charge is 0.293 e. The lowest BCUT2D eigenvalue weighted by molar-refractivity contribution is 0.745. The fraction of sp³-hybridized carbons (Fsp3) is 0.158. The Balaban J connectivity index is 1.76. The van der Waals surface area contributed by atoms with Crippen molar-refractivity contribution in [2.45, 2.75) is 20.4 Å². The van der Waals surface area contributed by atoms with Crippen molar-refractivity contribution >= 4 is 22.8 Å². The first-order valence-electron chi connectivity index (χ1n) is 8.16. The average molecular weight is 366 g/mol. The van der Waals surface area contributed by atoms with E-state index in [1.807, 2.05) is 50.2 Å². The van der Waals surface area contributed by atoms with Crippen molar-refractivity contribution < 1.29 is 0 Å². The zero-order valence-corrected chi connectivity index (χ0v) is 15.1. The van der Waals surface area contributed by atoms with Crippen molar-refractivity contribution in [3.63, 3.8) is 0 Å². The first-order valence-corrected chi connectivity index (χ1v) is 8.53. The molecule has 0 N–H and O–H groups in total. The summed E-state index contributed by atoms with van der Waals surface area (Å²) in [7, 11) is 0. The molecule has 0 aliphatic heterocycles. The summed E-state index contributed by atoms with van der Waals surface area (Å²) in [6, 6.07) is 13.6. The molecule has 0 aliphatic carbocycles. The molecule has 0 fully saturated rings. The molecule has 0 unspecified atom stereocenters. The second kappa shape index (κ2) is 6.38. The van der Waals surface area contributed by atoms with Crippen LogP contribution in [-0.4, -0.2) is 24.5 Å². The second-order valence-electron chi connectivity index (χ2n) is 6.27. The summed E-state index contributed by atoms with van der Waals surface area (Å²) < 4.78 is 3.06. The van der Waals surface area contributed by atoms with Crippen LogP contribution in [0.2, 0.25) is 5.02 Å². The highest BCUT2D eigenvalue weighted by atomic mass is 35.5. The van der Waals surface area contributed by atoms with E-state index in [2.05, 4.69) is 15.3 Å². The fourth-order valence-corrected chi connectivity index (χ4v) is 2.91. The van der Waals surface area contributed by atoms with Crippen LogP contribution in [0, 0.1) is 13.8 Å². The molecule has 0 bridgehead atoms. The van der Waals surface area contributed by atoms with Gasteiger partial charge in [-0.2, -0.15) is 4.68 Å². The molecular formula is C19H16ClN5O. The maximum absolute atomic E-state index is 12.7. The molecule has 0 saturated heterocycles. The van der Waals surface area contributed by atoms with Gasteiger partial charge in [0, 0.05) is 5.02 Å². The number of benzene rings is 2. The van der Waals surface area contributed by atoms with Crippen LogP contribution in [0.3, 0.4) is 0 Å². The van der Waals surface area contributed by atoms with Gasteiger partial charge in [-0.15, -0.1) is 5.10 Å². The van der Waals surface area contributed by atoms with Crippen LogP contribution in [0.1, 0.15) is 16.7 Å². The topological polar surface area (TPSA) is 65.6 Å². The minimum absolute atomic E-state index is 0.222. The van der Waals surface area contributed by atoms with Gasteiger partial charge in [0.1, 0.15) is 6.33 Å². The lowest BCUT2D eigenvalue weighted by atomic mass is 10.1. The molecular weight excluding hydrogens is 350 g/mol. The second-order valence-corrected chi connectivity index (χ2v) is 6.68. The number of rotatable bonds is 3. The summed E-state index contributed by atoms with van der Waals surface area (Å²) in [6.45, 7) is 4.39. The fourth-order valence-electron chi connectivity index (χ4n) is 2.73. The number of aryl methyl sites for hydroxylation is 2. The Morgan fingerprint density at radius 1 is 1.08 bits per heavy atom. The molecule has 2 aromatic carbocycles. The summed E-state index contributed by atoms with van der Waals surface area (Å²) in [5, 5.41) is 8.75. The third-order valence-corrected chi connectivity index (χ3v) is 4.71. The monoisotopic (exact) mass is 365 g/mol. The van der Waals surface area contributed by atoms with Crippen LogP contribution >= 0.6 is 11.6 Å². The average Bonchev–Trinajstić information content (AvgIpc) is 3.06. The molecule has 6 nitrogen and oxygen atoms in total. The van der Waals surface area contributed by atoms with E-state index in [-0.39, 0.29) is 11.1 Å². The van der Waals surface area contributed by atoms with E-state index in [1.165, 1.54) is 21.1 Å². The van der Waals surface area contributed by atoms with Crippen LogP contribution in [0.4, 0.5) is 0 Å². The standard InChI is InChI=1S/C19H16ClN5O/c1-12-3-6-14(7-4-12)10-24-11-21-18-17(19(24)26)22-23-25(18)15-8-5-13(2)16(20)9-15/h3-9,11H,10H2,1-2H3. The van der Waals surface area contributed by atoms with Gasteiger partial charge in [0.15, 0.2) is 11.2 Å². The van der Waals surface area contributed by atoms with Crippen LogP contribution in [0.25, 0.3) is 16.9 Å². The Labute approximate surface area is 154 Å². The number of halogens is 1. The van der Waals surface area contributed by atoms with Gasteiger partial charge in [0.25, 0.3) is 5.56 Å². The van der Waals surface area contributed by atoms with Crippen molar-refractivity contribution in [3.8, 4) is 5.69 Å². The van der Waals surface area contributed by atoms with Gasteiger partial charge >= 0.3 is 0 Å². The predicted molar refractivity (Wildman–Crippen MR) is 101 cm³/mol. The van der Waals surface area contributed by atoms with Crippen LogP contribution in [-0.2, 0) is 6.54 Å². The van der Waals surface area contributed by atoms with Gasteiger partial charge in [-0.05, 0) is 37.1 Å². The third-order valence-electron chi connectivity index (χ3n) is 4.30. The molecule has 0 radical (unpaired) electrons. The predicted octanol–water partition coefficient (Wildman–Crippen LogP) is 3.30. The van der Waals surface area contributed by atoms with E-state index in [0.717, 1.165) is 11.1 Å². The smallest absolute Gasteiger partial charge is 0.283 e. The SMILES string of the molecule is Cc1ccc(Cn2cnc3c(nnn3-c3ccc(C)c(Cl)c3)c2=O)cc1. The molecule has 130 valence electrons. The molecule has 7 heteroatoms. The summed E-state index contributed by atoms with van der Waals surface area (Å²) in [4.78, 5) is 17.1. The molecule has 0 aliphatic rings. The van der Waals surface area contributed by atoms with Crippen LogP contribution < -0.4 is 5.56 Å². The lowest BCUT2D eigenvalue weighted by Gasteiger charge is -2.07. The normalized spacial score (nSPS) is 11.2. The quantitative estimate of drug-likeness (QED) is 0.558.